The fraction of sp³-hybridized carbons (Fsp3) is 0.438. The first-order valence-electron chi connectivity index (χ1n) is 7.05. The summed E-state index contributed by atoms with van der Waals surface area (Å²) in [7, 11) is 0. The van der Waals surface area contributed by atoms with E-state index in [0.29, 0.717) is 13.1 Å². The van der Waals surface area contributed by atoms with Gasteiger partial charge in [-0.2, -0.15) is 0 Å². The molecule has 5 nitrogen and oxygen atoms in total. The molecule has 0 aliphatic heterocycles. The molecule has 2 aromatic rings. The Bertz CT molecular complexity index is 581. The van der Waals surface area contributed by atoms with Crippen molar-refractivity contribution in [3.63, 3.8) is 0 Å². The number of hydrogen-bond donors (Lipinski definition) is 2. The lowest BCUT2D eigenvalue weighted by atomic mass is 10.1. The highest BCUT2D eigenvalue weighted by Gasteiger charge is 2.07. The molecule has 1 heterocycles. The molecule has 0 spiro atoms. The lowest BCUT2D eigenvalue weighted by Gasteiger charge is -2.14. The van der Waals surface area contributed by atoms with Crippen molar-refractivity contribution in [2.24, 2.45) is 0 Å². The molecule has 0 radical (unpaired) electrons. The molecule has 5 heteroatoms. The average molecular weight is 290 g/mol. The van der Waals surface area contributed by atoms with E-state index in [-0.39, 0.29) is 6.61 Å². The molecule has 1 aromatic heterocycles. The van der Waals surface area contributed by atoms with Crippen molar-refractivity contribution in [3.05, 3.63) is 46.8 Å². The number of aromatic nitrogens is 1. The summed E-state index contributed by atoms with van der Waals surface area (Å²) >= 11 is 0. The molecule has 0 saturated heterocycles. The van der Waals surface area contributed by atoms with Crippen molar-refractivity contribution in [1.82, 2.24) is 10.5 Å². The zero-order chi connectivity index (χ0) is 15.2. The SMILES string of the molecule is Cc1ccc(OCC(O)CNCc2cc(C)on2)c(C)c1. The fourth-order valence-electron chi connectivity index (χ4n) is 2.07. The fourth-order valence-corrected chi connectivity index (χ4v) is 2.07. The van der Waals surface area contributed by atoms with Gasteiger partial charge in [0.15, 0.2) is 0 Å². The molecule has 1 aromatic carbocycles. The molecule has 114 valence electrons. The van der Waals surface area contributed by atoms with E-state index in [0.717, 1.165) is 22.8 Å². The minimum atomic E-state index is -0.571. The van der Waals surface area contributed by atoms with E-state index in [1.165, 1.54) is 5.56 Å². The van der Waals surface area contributed by atoms with Crippen LogP contribution in [-0.4, -0.2) is 29.5 Å². The number of nitrogens with one attached hydrogen (secondary N) is 1. The molecule has 2 rings (SSSR count). The number of nitrogens with zero attached hydrogens (tertiary/aromatic N) is 1. The third kappa shape index (κ3) is 4.88. The van der Waals surface area contributed by atoms with Crippen LogP contribution in [-0.2, 0) is 6.54 Å². The third-order valence-electron chi connectivity index (χ3n) is 3.12. The van der Waals surface area contributed by atoms with Crippen molar-refractivity contribution in [1.29, 1.82) is 0 Å². The zero-order valence-corrected chi connectivity index (χ0v) is 12.7. The van der Waals surface area contributed by atoms with Crippen LogP contribution < -0.4 is 10.1 Å². The highest BCUT2D eigenvalue weighted by molar-refractivity contribution is 5.35. The molecule has 2 N–H and O–H groups in total. The van der Waals surface area contributed by atoms with Gasteiger partial charge >= 0.3 is 0 Å². The Hall–Kier alpha value is -1.85. The van der Waals surface area contributed by atoms with E-state index >= 15 is 0 Å². The third-order valence-corrected chi connectivity index (χ3v) is 3.12. The van der Waals surface area contributed by atoms with Gasteiger partial charge in [-0.15, -0.1) is 0 Å². The summed E-state index contributed by atoms with van der Waals surface area (Å²) in [5, 5.41) is 16.9. The minimum absolute atomic E-state index is 0.259. The van der Waals surface area contributed by atoms with Crippen molar-refractivity contribution < 1.29 is 14.4 Å². The number of aliphatic hydroxyl groups is 1. The second-order valence-corrected chi connectivity index (χ2v) is 5.29. The maximum atomic E-state index is 9.91. The number of aliphatic hydroxyl groups excluding tert-OH is 1. The number of rotatable bonds is 7. The van der Waals surface area contributed by atoms with Gasteiger partial charge < -0.3 is 19.7 Å². The minimum Gasteiger partial charge on any atom is -0.491 e. The molecule has 1 atom stereocenters. The van der Waals surface area contributed by atoms with Crippen LogP contribution in [0.2, 0.25) is 0 Å². The lowest BCUT2D eigenvalue weighted by Crippen LogP contribution is -2.31. The van der Waals surface area contributed by atoms with E-state index in [4.69, 9.17) is 9.26 Å². The van der Waals surface area contributed by atoms with E-state index in [1.807, 2.05) is 39.0 Å². The Morgan fingerprint density at radius 3 is 2.76 bits per heavy atom. The molecular formula is C16H22N2O3. The molecule has 0 aliphatic rings. The van der Waals surface area contributed by atoms with E-state index in [9.17, 15) is 5.11 Å². The van der Waals surface area contributed by atoms with Crippen molar-refractivity contribution in [2.45, 2.75) is 33.4 Å². The monoisotopic (exact) mass is 290 g/mol. The summed E-state index contributed by atoms with van der Waals surface area (Å²) in [5.41, 5.74) is 3.10. The van der Waals surface area contributed by atoms with Crippen LogP contribution in [0.1, 0.15) is 22.6 Å². The topological polar surface area (TPSA) is 67.5 Å². The predicted molar refractivity (Wildman–Crippen MR) is 80.4 cm³/mol. The number of ether oxygens (including phenoxy) is 1. The number of benzene rings is 1. The molecule has 0 aliphatic carbocycles. The Labute approximate surface area is 124 Å². The first kappa shape index (κ1) is 15.5. The van der Waals surface area contributed by atoms with Crippen LogP contribution in [0.4, 0.5) is 0 Å². The Kier molecular flexibility index (Phi) is 5.36. The summed E-state index contributed by atoms with van der Waals surface area (Å²) < 4.78 is 10.6. The summed E-state index contributed by atoms with van der Waals surface area (Å²) in [6, 6.07) is 7.86. The lowest BCUT2D eigenvalue weighted by molar-refractivity contribution is 0.105. The number of hydrogen-bond acceptors (Lipinski definition) is 5. The standard InChI is InChI=1S/C16H22N2O3/c1-11-4-5-16(12(2)6-11)20-10-15(19)9-17-8-14-7-13(3)21-18-14/h4-7,15,17,19H,8-10H2,1-3H3. The molecule has 0 fully saturated rings. The zero-order valence-electron chi connectivity index (χ0n) is 12.7. The normalized spacial score (nSPS) is 12.4. The van der Waals surface area contributed by atoms with Gasteiger partial charge in [0.1, 0.15) is 24.2 Å². The molecule has 0 amide bonds. The quantitative estimate of drug-likeness (QED) is 0.817. The van der Waals surface area contributed by atoms with E-state index < -0.39 is 6.10 Å². The molecule has 0 saturated carbocycles. The van der Waals surface area contributed by atoms with E-state index in [1.54, 1.807) is 0 Å². The van der Waals surface area contributed by atoms with Gasteiger partial charge in [0, 0.05) is 19.2 Å². The van der Waals surface area contributed by atoms with Gasteiger partial charge in [-0.3, -0.25) is 0 Å². The van der Waals surface area contributed by atoms with Gasteiger partial charge in [-0.1, -0.05) is 22.9 Å². The first-order valence-corrected chi connectivity index (χ1v) is 7.05. The van der Waals surface area contributed by atoms with Crippen LogP contribution in [0.15, 0.2) is 28.8 Å². The highest BCUT2D eigenvalue weighted by atomic mass is 16.5. The van der Waals surface area contributed by atoms with Gasteiger partial charge in [0.2, 0.25) is 0 Å². The van der Waals surface area contributed by atoms with Crippen LogP contribution in [0.3, 0.4) is 0 Å². The van der Waals surface area contributed by atoms with Crippen molar-refractivity contribution in [2.75, 3.05) is 13.2 Å². The Balaban J connectivity index is 1.70. The summed E-state index contributed by atoms with van der Waals surface area (Å²) in [5.74, 6) is 1.59. The molecular weight excluding hydrogens is 268 g/mol. The smallest absolute Gasteiger partial charge is 0.133 e. The molecule has 21 heavy (non-hydrogen) atoms. The summed E-state index contributed by atoms with van der Waals surface area (Å²) in [4.78, 5) is 0. The van der Waals surface area contributed by atoms with Crippen molar-refractivity contribution in [3.8, 4) is 5.75 Å². The van der Waals surface area contributed by atoms with Crippen LogP contribution >= 0.6 is 0 Å². The van der Waals surface area contributed by atoms with Gasteiger partial charge in [-0.25, -0.2) is 0 Å². The Morgan fingerprint density at radius 2 is 2.10 bits per heavy atom. The van der Waals surface area contributed by atoms with Crippen LogP contribution in [0.25, 0.3) is 0 Å². The van der Waals surface area contributed by atoms with Crippen molar-refractivity contribution >= 4 is 0 Å². The van der Waals surface area contributed by atoms with Crippen LogP contribution in [0.5, 0.6) is 5.75 Å². The number of aryl methyl sites for hydroxylation is 3. The van der Waals surface area contributed by atoms with Gasteiger partial charge in [0.05, 0.1) is 5.69 Å². The van der Waals surface area contributed by atoms with Crippen LogP contribution in [0, 0.1) is 20.8 Å². The maximum absolute atomic E-state index is 9.91. The summed E-state index contributed by atoms with van der Waals surface area (Å²) in [6.07, 6.45) is -0.571. The molecule has 1 unspecified atom stereocenters. The van der Waals surface area contributed by atoms with Gasteiger partial charge in [-0.05, 0) is 32.4 Å². The predicted octanol–water partition coefficient (Wildman–Crippen LogP) is 2.13. The largest absolute Gasteiger partial charge is 0.491 e. The second-order valence-electron chi connectivity index (χ2n) is 5.29. The highest BCUT2D eigenvalue weighted by Crippen LogP contribution is 2.18. The maximum Gasteiger partial charge on any atom is 0.133 e. The Morgan fingerprint density at radius 1 is 1.29 bits per heavy atom. The summed E-state index contributed by atoms with van der Waals surface area (Å²) in [6.45, 7) is 7.16. The van der Waals surface area contributed by atoms with Gasteiger partial charge in [0.25, 0.3) is 0 Å². The van der Waals surface area contributed by atoms with E-state index in [2.05, 4.69) is 16.5 Å². The molecule has 0 bridgehead atoms. The second kappa shape index (κ2) is 7.24. The average Bonchev–Trinajstić information content (AvgIpc) is 2.83. The first-order chi connectivity index (χ1) is 10.0.